The maximum Gasteiger partial charge on any atom is 0.272 e. The van der Waals surface area contributed by atoms with Gasteiger partial charge in [0.05, 0.1) is 12.3 Å². The molecule has 2 heterocycles. The van der Waals surface area contributed by atoms with Gasteiger partial charge in [0.1, 0.15) is 11.4 Å². The van der Waals surface area contributed by atoms with Gasteiger partial charge in [-0.2, -0.15) is 0 Å². The van der Waals surface area contributed by atoms with E-state index in [-0.39, 0.29) is 24.2 Å². The second-order valence-corrected chi connectivity index (χ2v) is 8.97. The van der Waals surface area contributed by atoms with Crippen LogP contribution in [0.4, 0.5) is 0 Å². The van der Waals surface area contributed by atoms with Gasteiger partial charge in [-0.15, -0.1) is 0 Å². The van der Waals surface area contributed by atoms with Gasteiger partial charge in [-0.1, -0.05) is 36.4 Å². The molecule has 1 saturated carbocycles. The van der Waals surface area contributed by atoms with Crippen molar-refractivity contribution in [2.75, 3.05) is 13.1 Å². The van der Waals surface area contributed by atoms with Crippen molar-refractivity contribution in [2.24, 2.45) is 0 Å². The van der Waals surface area contributed by atoms with Crippen LogP contribution in [-0.2, 0) is 6.61 Å². The zero-order chi connectivity index (χ0) is 22.2. The van der Waals surface area contributed by atoms with Gasteiger partial charge in [-0.25, -0.2) is 4.98 Å². The molecule has 1 unspecified atom stereocenters. The average Bonchev–Trinajstić information content (AvgIpc) is 3.56. The van der Waals surface area contributed by atoms with Crippen LogP contribution in [0.3, 0.4) is 0 Å². The van der Waals surface area contributed by atoms with Crippen molar-refractivity contribution in [1.29, 1.82) is 0 Å². The zero-order valence-corrected chi connectivity index (χ0v) is 18.3. The second-order valence-electron chi connectivity index (χ2n) is 8.97. The maximum atomic E-state index is 12.9. The van der Waals surface area contributed by atoms with Gasteiger partial charge >= 0.3 is 0 Å². The number of carbonyl (C=O) groups is 1. The number of likely N-dealkylation sites (tertiary alicyclic amines) is 1. The Kier molecular flexibility index (Phi) is 5.43. The number of nitrogens with zero attached hydrogens (tertiary/aromatic N) is 2. The lowest BCUT2D eigenvalue weighted by Gasteiger charge is -2.19. The Bertz CT molecular complexity index is 1170. The minimum atomic E-state index is -0.115. The SMILES string of the molecule is Cc1nc(C(=O)N2CCC(c3ccc(-c4ccccc4C4CC4)cc3CO)C2)ccc1O. The van der Waals surface area contributed by atoms with Crippen LogP contribution in [0.2, 0.25) is 0 Å². The summed E-state index contributed by atoms with van der Waals surface area (Å²) in [5.74, 6) is 0.829. The molecule has 0 radical (unpaired) electrons. The monoisotopic (exact) mass is 428 g/mol. The van der Waals surface area contributed by atoms with Crippen molar-refractivity contribution in [3.05, 3.63) is 82.7 Å². The van der Waals surface area contributed by atoms with Crippen LogP contribution in [0.25, 0.3) is 11.1 Å². The number of aliphatic hydroxyl groups excluding tert-OH is 1. The minimum absolute atomic E-state index is 0.0159. The molecular weight excluding hydrogens is 400 g/mol. The van der Waals surface area contributed by atoms with Crippen molar-refractivity contribution in [3.63, 3.8) is 0 Å². The van der Waals surface area contributed by atoms with Crippen molar-refractivity contribution in [2.45, 2.75) is 44.6 Å². The molecule has 5 nitrogen and oxygen atoms in total. The molecule has 1 aliphatic carbocycles. The Morgan fingerprint density at radius 1 is 1.03 bits per heavy atom. The van der Waals surface area contributed by atoms with Crippen LogP contribution in [0.15, 0.2) is 54.6 Å². The summed E-state index contributed by atoms with van der Waals surface area (Å²) in [7, 11) is 0. The second kappa shape index (κ2) is 8.40. The molecule has 0 spiro atoms. The molecule has 1 aliphatic heterocycles. The Morgan fingerprint density at radius 2 is 1.84 bits per heavy atom. The summed E-state index contributed by atoms with van der Waals surface area (Å²) >= 11 is 0. The first-order chi connectivity index (χ1) is 15.5. The smallest absolute Gasteiger partial charge is 0.272 e. The van der Waals surface area contributed by atoms with E-state index in [4.69, 9.17) is 0 Å². The summed E-state index contributed by atoms with van der Waals surface area (Å²) in [6, 6.07) is 18.1. The van der Waals surface area contributed by atoms with Gasteiger partial charge in [-0.3, -0.25) is 4.79 Å². The number of benzene rings is 2. The number of aryl methyl sites for hydroxylation is 1. The molecule has 2 aliphatic rings. The van der Waals surface area contributed by atoms with Gasteiger partial charge in [0.25, 0.3) is 5.91 Å². The number of aromatic nitrogens is 1. The standard InChI is InChI=1S/C27H28N2O3/c1-17-26(31)11-10-25(28-17)27(32)29-13-12-20(15-29)22-9-8-19(14-21(22)16-30)24-5-3-2-4-23(24)18-6-7-18/h2-5,8-11,14,18,20,30-31H,6-7,12-13,15-16H2,1H3. The van der Waals surface area contributed by atoms with E-state index in [2.05, 4.69) is 47.4 Å². The fraction of sp³-hybridized carbons (Fsp3) is 0.333. The van der Waals surface area contributed by atoms with Gasteiger partial charge in [0.2, 0.25) is 0 Å². The van der Waals surface area contributed by atoms with Gasteiger partial charge in [0, 0.05) is 19.0 Å². The first kappa shape index (κ1) is 20.7. The third-order valence-corrected chi connectivity index (χ3v) is 6.79. The predicted molar refractivity (Wildman–Crippen MR) is 124 cm³/mol. The van der Waals surface area contributed by atoms with Crippen molar-refractivity contribution < 1.29 is 15.0 Å². The number of carbonyl (C=O) groups excluding carboxylic acids is 1. The normalized spacial score (nSPS) is 18.2. The Labute approximate surface area is 188 Å². The third kappa shape index (κ3) is 3.89. The van der Waals surface area contributed by atoms with Crippen LogP contribution in [0.1, 0.15) is 64.0 Å². The number of rotatable bonds is 5. The zero-order valence-electron chi connectivity index (χ0n) is 18.3. The molecule has 32 heavy (non-hydrogen) atoms. The molecule has 2 aromatic carbocycles. The lowest BCUT2D eigenvalue weighted by Crippen LogP contribution is -2.29. The van der Waals surface area contributed by atoms with E-state index in [1.54, 1.807) is 13.0 Å². The van der Waals surface area contributed by atoms with Crippen molar-refractivity contribution in [3.8, 4) is 16.9 Å². The average molecular weight is 429 g/mol. The van der Waals surface area contributed by atoms with Crippen LogP contribution >= 0.6 is 0 Å². The van der Waals surface area contributed by atoms with E-state index in [1.165, 1.54) is 30.0 Å². The molecule has 1 aromatic heterocycles. The summed E-state index contributed by atoms with van der Waals surface area (Å²) in [5, 5.41) is 19.8. The molecule has 3 aromatic rings. The number of hydrogen-bond donors (Lipinski definition) is 2. The van der Waals surface area contributed by atoms with E-state index >= 15 is 0 Å². The van der Waals surface area contributed by atoms with Crippen LogP contribution < -0.4 is 0 Å². The quantitative estimate of drug-likeness (QED) is 0.614. The highest BCUT2D eigenvalue weighted by Gasteiger charge is 2.30. The Morgan fingerprint density at radius 3 is 2.59 bits per heavy atom. The van der Waals surface area contributed by atoms with E-state index in [9.17, 15) is 15.0 Å². The number of pyridine rings is 1. The number of aliphatic hydroxyl groups is 1. The number of amides is 1. The predicted octanol–water partition coefficient (Wildman–Crippen LogP) is 4.76. The molecule has 1 saturated heterocycles. The minimum Gasteiger partial charge on any atom is -0.506 e. The molecule has 164 valence electrons. The largest absolute Gasteiger partial charge is 0.506 e. The highest BCUT2D eigenvalue weighted by molar-refractivity contribution is 5.92. The highest BCUT2D eigenvalue weighted by Crippen LogP contribution is 2.44. The van der Waals surface area contributed by atoms with Gasteiger partial charge < -0.3 is 15.1 Å². The molecular formula is C27H28N2O3. The van der Waals surface area contributed by atoms with E-state index < -0.39 is 0 Å². The summed E-state index contributed by atoms with van der Waals surface area (Å²) in [6.45, 7) is 2.93. The molecule has 5 heteroatoms. The third-order valence-electron chi connectivity index (χ3n) is 6.79. The molecule has 1 amide bonds. The van der Waals surface area contributed by atoms with Crippen LogP contribution in [0, 0.1) is 6.92 Å². The fourth-order valence-electron chi connectivity index (χ4n) is 4.85. The highest BCUT2D eigenvalue weighted by atomic mass is 16.3. The number of hydrogen-bond acceptors (Lipinski definition) is 4. The molecule has 5 rings (SSSR count). The maximum absolute atomic E-state index is 12.9. The van der Waals surface area contributed by atoms with Gasteiger partial charge in [-0.05, 0) is 78.1 Å². The molecule has 1 atom stereocenters. The van der Waals surface area contributed by atoms with E-state index in [0.717, 1.165) is 23.1 Å². The van der Waals surface area contributed by atoms with Crippen LogP contribution in [0.5, 0.6) is 5.75 Å². The topological polar surface area (TPSA) is 73.7 Å². The van der Waals surface area contributed by atoms with Crippen LogP contribution in [-0.4, -0.2) is 39.1 Å². The Hall–Kier alpha value is -3.18. The first-order valence-electron chi connectivity index (χ1n) is 11.3. The Balaban J connectivity index is 1.37. The summed E-state index contributed by atoms with van der Waals surface area (Å²) < 4.78 is 0. The van der Waals surface area contributed by atoms with Crippen molar-refractivity contribution >= 4 is 5.91 Å². The lowest BCUT2D eigenvalue weighted by atomic mass is 9.89. The summed E-state index contributed by atoms with van der Waals surface area (Å²) in [6.07, 6.45) is 3.36. The summed E-state index contributed by atoms with van der Waals surface area (Å²) in [4.78, 5) is 19.0. The molecule has 2 N–H and O–H groups in total. The van der Waals surface area contributed by atoms with Gasteiger partial charge in [0.15, 0.2) is 0 Å². The fourth-order valence-corrected chi connectivity index (χ4v) is 4.85. The van der Waals surface area contributed by atoms with E-state index in [1.807, 2.05) is 4.90 Å². The first-order valence-corrected chi connectivity index (χ1v) is 11.3. The molecule has 0 bridgehead atoms. The summed E-state index contributed by atoms with van der Waals surface area (Å²) in [5.41, 5.74) is 6.67. The lowest BCUT2D eigenvalue weighted by molar-refractivity contribution is 0.0784. The molecule has 2 fully saturated rings. The van der Waals surface area contributed by atoms with E-state index in [0.29, 0.717) is 30.4 Å². The van der Waals surface area contributed by atoms with Crippen molar-refractivity contribution in [1.82, 2.24) is 9.88 Å². The number of aromatic hydroxyl groups is 1.